The van der Waals surface area contributed by atoms with Gasteiger partial charge < -0.3 is 5.11 Å². The Morgan fingerprint density at radius 1 is 1.40 bits per heavy atom. The van der Waals surface area contributed by atoms with E-state index in [1.807, 2.05) is 0 Å². The van der Waals surface area contributed by atoms with Crippen molar-refractivity contribution < 1.29 is 9.90 Å². The number of hydrogen-bond acceptors (Lipinski definition) is 5. The Morgan fingerprint density at radius 2 is 2.15 bits per heavy atom. The topological polar surface area (TPSA) is 75.1 Å². The van der Waals surface area contributed by atoms with Crippen LogP contribution in [0.25, 0.3) is 0 Å². The average Bonchev–Trinajstić information content (AvgIpc) is 2.75. The van der Waals surface area contributed by atoms with Crippen LogP contribution in [0.5, 0.6) is 5.75 Å². The molecule has 2 N–H and O–H groups in total. The van der Waals surface area contributed by atoms with Crippen LogP contribution in [0.1, 0.15) is 34.8 Å². The number of phenolic OH excluding ortho intramolecular Hbond substituents is 1. The van der Waals surface area contributed by atoms with Gasteiger partial charge >= 0.3 is 0 Å². The van der Waals surface area contributed by atoms with Crippen LogP contribution in [0.3, 0.4) is 0 Å². The number of carbonyl (C=O) groups excluding carboxylic acids is 1. The van der Waals surface area contributed by atoms with Crippen LogP contribution in [0, 0.1) is 12.8 Å². The van der Waals surface area contributed by atoms with Crippen molar-refractivity contribution >= 4 is 22.4 Å². The molecule has 1 heterocycles. The molecule has 0 atom stereocenters. The maximum Gasteiger partial charge on any atom is 0.257 e. The molecule has 1 aromatic heterocycles. The van der Waals surface area contributed by atoms with Gasteiger partial charge in [0, 0.05) is 12.0 Å². The number of anilines is 1. The SMILES string of the molecule is Cc1cc(O)ccc1C(=O)Nc1nnc(CC(C)C)s1. The van der Waals surface area contributed by atoms with E-state index >= 15 is 0 Å². The number of amides is 1. The van der Waals surface area contributed by atoms with Crippen LogP contribution in [0.15, 0.2) is 18.2 Å². The van der Waals surface area contributed by atoms with Gasteiger partial charge in [-0.1, -0.05) is 25.2 Å². The van der Waals surface area contributed by atoms with Gasteiger partial charge in [-0.05, 0) is 36.6 Å². The number of aromatic hydroxyl groups is 1. The van der Waals surface area contributed by atoms with E-state index in [-0.39, 0.29) is 11.7 Å². The number of rotatable bonds is 4. The molecule has 2 aromatic rings. The van der Waals surface area contributed by atoms with Gasteiger partial charge in [-0.3, -0.25) is 10.1 Å². The molecular weight excluding hydrogens is 274 g/mol. The lowest BCUT2D eigenvalue weighted by Gasteiger charge is -2.05. The van der Waals surface area contributed by atoms with E-state index in [4.69, 9.17) is 0 Å². The fourth-order valence-electron chi connectivity index (χ4n) is 1.80. The molecular formula is C14H17N3O2S. The average molecular weight is 291 g/mol. The summed E-state index contributed by atoms with van der Waals surface area (Å²) in [7, 11) is 0. The molecule has 6 heteroatoms. The molecule has 1 aromatic carbocycles. The van der Waals surface area contributed by atoms with Crippen molar-refractivity contribution in [3.8, 4) is 5.75 Å². The third-order valence-electron chi connectivity index (χ3n) is 2.72. The summed E-state index contributed by atoms with van der Waals surface area (Å²) >= 11 is 1.39. The highest BCUT2D eigenvalue weighted by molar-refractivity contribution is 7.15. The van der Waals surface area contributed by atoms with Crippen LogP contribution in [-0.2, 0) is 6.42 Å². The normalized spacial score (nSPS) is 10.8. The zero-order valence-electron chi connectivity index (χ0n) is 11.7. The highest BCUT2D eigenvalue weighted by Crippen LogP contribution is 2.21. The van der Waals surface area contributed by atoms with E-state index in [0.29, 0.717) is 16.6 Å². The van der Waals surface area contributed by atoms with Crippen LogP contribution in [0.4, 0.5) is 5.13 Å². The van der Waals surface area contributed by atoms with E-state index in [1.54, 1.807) is 19.1 Å². The van der Waals surface area contributed by atoms with E-state index in [9.17, 15) is 9.90 Å². The number of phenols is 1. The molecule has 0 fully saturated rings. The Kier molecular flexibility index (Phi) is 4.34. The van der Waals surface area contributed by atoms with Gasteiger partial charge in [0.25, 0.3) is 5.91 Å². The molecule has 5 nitrogen and oxygen atoms in total. The predicted octanol–water partition coefficient (Wildman–Crippen LogP) is 3.00. The minimum atomic E-state index is -0.241. The van der Waals surface area contributed by atoms with Gasteiger partial charge in [-0.25, -0.2) is 0 Å². The van der Waals surface area contributed by atoms with E-state index in [1.165, 1.54) is 17.4 Å². The lowest BCUT2D eigenvalue weighted by molar-refractivity contribution is 0.102. The number of hydrogen-bond donors (Lipinski definition) is 2. The zero-order valence-corrected chi connectivity index (χ0v) is 12.5. The van der Waals surface area contributed by atoms with Crippen molar-refractivity contribution in [1.29, 1.82) is 0 Å². The molecule has 20 heavy (non-hydrogen) atoms. The monoisotopic (exact) mass is 291 g/mol. The highest BCUT2D eigenvalue weighted by atomic mass is 32.1. The van der Waals surface area contributed by atoms with Gasteiger partial charge in [0.1, 0.15) is 10.8 Å². The zero-order chi connectivity index (χ0) is 14.7. The van der Waals surface area contributed by atoms with E-state index < -0.39 is 0 Å². The Bertz CT molecular complexity index is 623. The summed E-state index contributed by atoms with van der Waals surface area (Å²) < 4.78 is 0. The minimum absolute atomic E-state index is 0.147. The van der Waals surface area contributed by atoms with Gasteiger partial charge in [0.2, 0.25) is 5.13 Å². The molecule has 106 valence electrons. The van der Waals surface area contributed by atoms with Crippen molar-refractivity contribution in [3.05, 3.63) is 34.3 Å². The predicted molar refractivity (Wildman–Crippen MR) is 79.2 cm³/mol. The molecule has 1 amide bonds. The second kappa shape index (κ2) is 6.00. The van der Waals surface area contributed by atoms with Crippen LogP contribution in [0.2, 0.25) is 0 Å². The number of nitrogens with zero attached hydrogens (tertiary/aromatic N) is 2. The van der Waals surface area contributed by atoms with Crippen molar-refractivity contribution in [1.82, 2.24) is 10.2 Å². The van der Waals surface area contributed by atoms with Gasteiger partial charge in [-0.15, -0.1) is 10.2 Å². The highest BCUT2D eigenvalue weighted by Gasteiger charge is 2.13. The second-order valence-corrected chi connectivity index (χ2v) is 6.11. The van der Waals surface area contributed by atoms with Crippen molar-refractivity contribution in [2.45, 2.75) is 27.2 Å². The first-order valence-corrected chi connectivity index (χ1v) is 7.20. The van der Waals surface area contributed by atoms with Gasteiger partial charge in [-0.2, -0.15) is 0 Å². The smallest absolute Gasteiger partial charge is 0.257 e. The van der Waals surface area contributed by atoms with Crippen molar-refractivity contribution in [3.63, 3.8) is 0 Å². The third-order valence-corrected chi connectivity index (χ3v) is 3.59. The van der Waals surface area contributed by atoms with Crippen LogP contribution >= 0.6 is 11.3 Å². The molecule has 0 saturated carbocycles. The molecule has 2 rings (SSSR count). The number of carbonyl (C=O) groups is 1. The number of aromatic nitrogens is 2. The number of benzene rings is 1. The summed E-state index contributed by atoms with van der Waals surface area (Å²) in [5.41, 5.74) is 1.23. The summed E-state index contributed by atoms with van der Waals surface area (Å²) in [6.45, 7) is 6.00. The Labute approximate surface area is 121 Å². The number of aryl methyl sites for hydroxylation is 1. The first kappa shape index (κ1) is 14.5. The maximum atomic E-state index is 12.1. The Morgan fingerprint density at radius 3 is 2.80 bits per heavy atom. The molecule has 0 aliphatic rings. The second-order valence-electron chi connectivity index (χ2n) is 5.05. The van der Waals surface area contributed by atoms with Crippen LogP contribution < -0.4 is 5.32 Å². The van der Waals surface area contributed by atoms with E-state index in [2.05, 4.69) is 29.4 Å². The first-order valence-electron chi connectivity index (χ1n) is 6.39. The molecule has 0 bridgehead atoms. The molecule has 0 saturated heterocycles. The Hall–Kier alpha value is -1.95. The van der Waals surface area contributed by atoms with Gasteiger partial charge in [0.15, 0.2) is 0 Å². The summed E-state index contributed by atoms with van der Waals surface area (Å²) in [5.74, 6) is 0.412. The molecule has 0 aliphatic carbocycles. The minimum Gasteiger partial charge on any atom is -0.508 e. The van der Waals surface area contributed by atoms with Gasteiger partial charge in [0.05, 0.1) is 0 Å². The standard InChI is InChI=1S/C14H17N3O2S/c1-8(2)6-12-16-17-14(20-12)15-13(19)11-5-4-10(18)7-9(11)3/h4-5,7-8,18H,6H2,1-3H3,(H,15,17,19). The summed E-state index contributed by atoms with van der Waals surface area (Å²) in [5, 5.41) is 21.5. The Balaban J connectivity index is 2.09. The van der Waals surface area contributed by atoms with Crippen LogP contribution in [-0.4, -0.2) is 21.2 Å². The largest absolute Gasteiger partial charge is 0.508 e. The lowest BCUT2D eigenvalue weighted by Crippen LogP contribution is -2.13. The maximum absolute atomic E-state index is 12.1. The molecule has 0 aliphatic heterocycles. The first-order chi connectivity index (χ1) is 9.45. The lowest BCUT2D eigenvalue weighted by atomic mass is 10.1. The summed E-state index contributed by atoms with van der Waals surface area (Å²) in [6.07, 6.45) is 0.853. The summed E-state index contributed by atoms with van der Waals surface area (Å²) in [4.78, 5) is 12.1. The fourth-order valence-corrected chi connectivity index (χ4v) is 2.75. The summed E-state index contributed by atoms with van der Waals surface area (Å²) in [6, 6.07) is 4.64. The quantitative estimate of drug-likeness (QED) is 0.908. The molecule has 0 radical (unpaired) electrons. The number of nitrogens with one attached hydrogen (secondary N) is 1. The molecule has 0 unspecified atom stereocenters. The van der Waals surface area contributed by atoms with Crippen molar-refractivity contribution in [2.75, 3.05) is 5.32 Å². The fraction of sp³-hybridized carbons (Fsp3) is 0.357. The molecule has 0 spiro atoms. The third kappa shape index (κ3) is 3.54. The van der Waals surface area contributed by atoms with Crippen molar-refractivity contribution in [2.24, 2.45) is 5.92 Å². The van der Waals surface area contributed by atoms with E-state index in [0.717, 1.165) is 17.0 Å².